The lowest BCUT2D eigenvalue weighted by molar-refractivity contribution is -0.219. The first kappa shape index (κ1) is 26.5. The number of hydrogen-bond acceptors (Lipinski definition) is 13. The first-order chi connectivity index (χ1) is 15.8. The molecule has 19 heteroatoms. The Morgan fingerprint density at radius 1 is 1.09 bits per heavy atom. The Bertz CT molecular complexity index is 1080. The normalized spacial score (nSPS) is 33.8. The van der Waals surface area contributed by atoms with E-state index in [2.05, 4.69) is 15.0 Å². The number of nitrogen functional groups attached to an aromatic ring is 1. The van der Waals surface area contributed by atoms with Gasteiger partial charge in [0.25, 0.3) is 5.56 Å². The van der Waals surface area contributed by atoms with E-state index in [4.69, 9.17) is 39.2 Å². The van der Waals surface area contributed by atoms with Crippen LogP contribution in [0.3, 0.4) is 0 Å². The molecule has 8 atom stereocenters. The van der Waals surface area contributed by atoms with E-state index < -0.39 is 75.7 Å². The fraction of sp³-hybridized carbons (Fsp3) is 0.667. The third kappa shape index (κ3) is 5.60. The highest BCUT2D eigenvalue weighted by atomic mass is 31.2. The summed E-state index contributed by atoms with van der Waals surface area (Å²) in [6, 6.07) is 0. The fourth-order valence-corrected chi connectivity index (χ4v) is 3.50. The molecule has 11 N–H and O–H groups in total. The van der Waals surface area contributed by atoms with Gasteiger partial charge in [0.05, 0.1) is 19.5 Å². The first-order valence-electron chi connectivity index (χ1n) is 9.58. The highest BCUT2D eigenvalue weighted by molar-refractivity contribution is 7.45. The Balaban J connectivity index is 0.000000588. The van der Waals surface area contributed by atoms with E-state index in [1.165, 1.54) is 10.9 Å². The van der Waals surface area contributed by atoms with Crippen LogP contribution in [0.1, 0.15) is 6.23 Å². The molecule has 4 rings (SSSR count). The van der Waals surface area contributed by atoms with Gasteiger partial charge in [-0.3, -0.25) is 14.3 Å². The number of nitrogens with zero attached hydrogens (tertiary/aromatic N) is 3. The predicted octanol–water partition coefficient (Wildman–Crippen LogP) is -5.15. The van der Waals surface area contributed by atoms with Gasteiger partial charge in [0, 0.05) is 0 Å². The molecule has 4 heterocycles. The van der Waals surface area contributed by atoms with E-state index in [0.29, 0.717) is 0 Å². The number of imidazole rings is 1. The molecule has 2 aromatic heterocycles. The minimum atomic E-state index is -4.64. The minimum absolute atomic E-state index is 0.0311. The van der Waals surface area contributed by atoms with E-state index >= 15 is 0 Å². The molecule has 192 valence electrons. The zero-order valence-corrected chi connectivity index (χ0v) is 18.0. The minimum Gasteiger partial charge on any atom is -0.394 e. The summed E-state index contributed by atoms with van der Waals surface area (Å²) in [5.74, 6) is -0.164. The summed E-state index contributed by atoms with van der Waals surface area (Å²) >= 11 is 0. The standard InChI is InChI=1S/C15H21N5O9.H3O4P/c16-15-18-11-6(12(26)19-15)17-3-20(11)13-10(8(24)5(2-22)27-13)29-14-9(25)7(23)4(1-21)28-14;1-5(2,3)4/h3-5,7-10,13-14,21-25H,1-2H2,(H3,16,18,19,26);(H3,1,2,3,4)/t4-,5-,7-,8-,9-,10-,13-,14?;/m1./s1. The average molecular weight is 513 g/mol. The van der Waals surface area contributed by atoms with Gasteiger partial charge in [-0.25, -0.2) is 9.55 Å². The number of aliphatic hydroxyl groups is 5. The van der Waals surface area contributed by atoms with Crippen molar-refractivity contribution in [2.75, 3.05) is 18.9 Å². The van der Waals surface area contributed by atoms with Crippen molar-refractivity contribution in [3.63, 3.8) is 0 Å². The molecule has 0 saturated carbocycles. The molecule has 2 fully saturated rings. The molecule has 0 amide bonds. The average Bonchev–Trinajstić information content (AvgIpc) is 3.37. The number of hydrogen-bond donors (Lipinski definition) is 10. The lowest BCUT2D eigenvalue weighted by atomic mass is 10.1. The molecule has 0 bridgehead atoms. The number of aliphatic hydroxyl groups excluding tert-OH is 5. The van der Waals surface area contributed by atoms with Crippen LogP contribution in [0, 0.1) is 0 Å². The zero-order valence-electron chi connectivity index (χ0n) is 17.1. The highest BCUT2D eigenvalue weighted by Crippen LogP contribution is 2.36. The van der Waals surface area contributed by atoms with Crippen LogP contribution in [0.25, 0.3) is 11.2 Å². The van der Waals surface area contributed by atoms with Gasteiger partial charge in [-0.05, 0) is 0 Å². The van der Waals surface area contributed by atoms with Crippen LogP contribution in [-0.2, 0) is 18.8 Å². The van der Waals surface area contributed by atoms with Crippen LogP contribution in [0.2, 0.25) is 0 Å². The topological polar surface area (TPSA) is 296 Å². The smallest absolute Gasteiger partial charge is 0.394 e. The van der Waals surface area contributed by atoms with Crippen molar-refractivity contribution in [2.24, 2.45) is 0 Å². The monoisotopic (exact) mass is 513 g/mol. The van der Waals surface area contributed by atoms with E-state index in [9.17, 15) is 30.3 Å². The Hall–Kier alpha value is -2.06. The van der Waals surface area contributed by atoms with Crippen molar-refractivity contribution < 1.29 is 59.0 Å². The maximum absolute atomic E-state index is 12.0. The van der Waals surface area contributed by atoms with Crippen molar-refractivity contribution in [1.29, 1.82) is 0 Å². The van der Waals surface area contributed by atoms with Crippen LogP contribution in [-0.4, -0.2) is 116 Å². The molecule has 0 spiro atoms. The van der Waals surface area contributed by atoms with Gasteiger partial charge in [-0.15, -0.1) is 0 Å². The summed E-state index contributed by atoms with van der Waals surface area (Å²) < 4.78 is 26.8. The second-order valence-corrected chi connectivity index (χ2v) is 8.36. The molecule has 2 aliphatic heterocycles. The molecule has 2 aliphatic rings. The number of rotatable bonds is 5. The van der Waals surface area contributed by atoms with Gasteiger partial charge in [0.2, 0.25) is 5.95 Å². The molecule has 2 aromatic rings. The number of nitrogens with two attached hydrogens (primary N) is 1. The number of anilines is 1. The van der Waals surface area contributed by atoms with Gasteiger partial charge in [0.1, 0.15) is 36.6 Å². The maximum atomic E-state index is 12.0. The Morgan fingerprint density at radius 3 is 2.24 bits per heavy atom. The molecule has 18 nitrogen and oxygen atoms in total. The predicted molar refractivity (Wildman–Crippen MR) is 106 cm³/mol. The van der Waals surface area contributed by atoms with Crippen molar-refractivity contribution in [3.8, 4) is 0 Å². The highest BCUT2D eigenvalue weighted by Gasteiger charge is 2.51. The fourth-order valence-electron chi connectivity index (χ4n) is 3.50. The summed E-state index contributed by atoms with van der Waals surface area (Å²) in [7, 11) is -4.64. The molecule has 1 unspecified atom stereocenters. The number of fused-ring (bicyclic) bond motifs is 1. The lowest BCUT2D eigenvalue weighted by Gasteiger charge is -2.26. The molecule has 0 radical (unpaired) electrons. The Kier molecular flexibility index (Phi) is 8.03. The van der Waals surface area contributed by atoms with Crippen LogP contribution in [0.15, 0.2) is 11.1 Å². The van der Waals surface area contributed by atoms with Gasteiger partial charge in [0.15, 0.2) is 23.7 Å². The van der Waals surface area contributed by atoms with Crippen molar-refractivity contribution in [1.82, 2.24) is 19.5 Å². The molecule has 2 saturated heterocycles. The molecular weight excluding hydrogens is 489 g/mol. The van der Waals surface area contributed by atoms with Gasteiger partial charge >= 0.3 is 7.82 Å². The summed E-state index contributed by atoms with van der Waals surface area (Å²) in [4.78, 5) is 43.9. The third-order valence-electron chi connectivity index (χ3n) is 5.01. The van der Waals surface area contributed by atoms with Crippen molar-refractivity contribution >= 4 is 24.9 Å². The largest absolute Gasteiger partial charge is 0.466 e. The Morgan fingerprint density at radius 2 is 1.68 bits per heavy atom. The second-order valence-electron chi connectivity index (χ2n) is 7.33. The van der Waals surface area contributed by atoms with Crippen LogP contribution < -0.4 is 11.3 Å². The number of nitrogens with one attached hydrogen (secondary N) is 1. The summed E-state index contributed by atoms with van der Waals surface area (Å²) in [6.45, 7) is -1.10. The van der Waals surface area contributed by atoms with Crippen molar-refractivity contribution in [3.05, 3.63) is 16.7 Å². The van der Waals surface area contributed by atoms with Crippen LogP contribution >= 0.6 is 7.82 Å². The zero-order chi connectivity index (χ0) is 25.4. The number of aromatic nitrogens is 4. The number of ether oxygens (including phenoxy) is 3. The molecule has 0 aliphatic carbocycles. The van der Waals surface area contributed by atoms with E-state index in [1.807, 2.05) is 0 Å². The van der Waals surface area contributed by atoms with Gasteiger partial charge in [-0.1, -0.05) is 0 Å². The quantitative estimate of drug-likeness (QED) is 0.167. The molecule has 34 heavy (non-hydrogen) atoms. The summed E-state index contributed by atoms with van der Waals surface area (Å²) in [5, 5.41) is 49.2. The van der Waals surface area contributed by atoms with Gasteiger partial charge in [-0.2, -0.15) is 4.98 Å². The summed E-state index contributed by atoms with van der Waals surface area (Å²) in [6.07, 6.45) is -8.87. The van der Waals surface area contributed by atoms with Crippen LogP contribution in [0.5, 0.6) is 0 Å². The van der Waals surface area contributed by atoms with E-state index in [-0.39, 0.29) is 17.1 Å². The second kappa shape index (κ2) is 10.3. The van der Waals surface area contributed by atoms with E-state index in [1.54, 1.807) is 0 Å². The number of aromatic amines is 1. The number of H-pyrrole nitrogens is 1. The van der Waals surface area contributed by atoms with E-state index in [0.717, 1.165) is 0 Å². The Labute approximate surface area is 189 Å². The first-order valence-corrected chi connectivity index (χ1v) is 11.1. The maximum Gasteiger partial charge on any atom is 0.466 e. The lowest BCUT2D eigenvalue weighted by Crippen LogP contribution is -2.42. The van der Waals surface area contributed by atoms with Crippen molar-refractivity contribution in [2.45, 2.75) is 49.1 Å². The SMILES string of the molecule is Nc1nc2c(ncn2[C@@H]2O[C@H](CO)[C@@H](O)[C@H]2OC2O[C@H](CO)[C@@H](O)[C@H]2O)c(=O)[nH]1.O=P(O)(O)O. The summed E-state index contributed by atoms with van der Waals surface area (Å²) in [5.41, 5.74) is 5.03. The third-order valence-corrected chi connectivity index (χ3v) is 5.01. The van der Waals surface area contributed by atoms with Crippen LogP contribution in [0.4, 0.5) is 5.95 Å². The molecular formula is C15H24N5O13P. The van der Waals surface area contributed by atoms with Gasteiger partial charge < -0.3 is 60.2 Å². The molecule has 0 aromatic carbocycles. The number of phosphoric acid groups is 1.